The second-order valence-electron chi connectivity index (χ2n) is 6.47. The number of amides is 1. The van der Waals surface area contributed by atoms with E-state index >= 15 is 0 Å². The number of hydrogen-bond donors (Lipinski definition) is 3. The molecule has 0 bridgehead atoms. The Bertz CT molecular complexity index is 882. The van der Waals surface area contributed by atoms with Crippen molar-refractivity contribution in [2.75, 3.05) is 5.32 Å². The van der Waals surface area contributed by atoms with Crippen LogP contribution in [0.4, 0.5) is 5.69 Å². The number of anilines is 1. The van der Waals surface area contributed by atoms with Crippen LogP contribution in [0.5, 0.6) is 0 Å². The van der Waals surface area contributed by atoms with Crippen molar-refractivity contribution in [3.8, 4) is 0 Å². The molecular formula is C18H20N4O2. The zero-order chi connectivity index (χ0) is 16.7. The number of carbonyl (C=O) groups is 1. The lowest BCUT2D eigenvalue weighted by Crippen LogP contribution is -2.23. The summed E-state index contributed by atoms with van der Waals surface area (Å²) >= 11 is 0. The van der Waals surface area contributed by atoms with Crippen LogP contribution in [0.2, 0.25) is 0 Å². The topological polar surface area (TPSA) is 96.9 Å². The second kappa shape index (κ2) is 5.79. The number of rotatable bonds is 3. The van der Waals surface area contributed by atoms with E-state index in [9.17, 15) is 4.79 Å². The van der Waals surface area contributed by atoms with Gasteiger partial charge in [0.2, 0.25) is 0 Å². The van der Waals surface area contributed by atoms with Gasteiger partial charge in [0.15, 0.2) is 0 Å². The van der Waals surface area contributed by atoms with Gasteiger partial charge in [0.25, 0.3) is 5.91 Å². The summed E-state index contributed by atoms with van der Waals surface area (Å²) in [6.45, 7) is 2.20. The predicted octanol–water partition coefficient (Wildman–Crippen LogP) is 3.38. The van der Waals surface area contributed by atoms with E-state index in [4.69, 9.17) is 10.3 Å². The van der Waals surface area contributed by atoms with Crippen molar-refractivity contribution in [1.29, 1.82) is 0 Å². The van der Waals surface area contributed by atoms with Gasteiger partial charge in [0.1, 0.15) is 12.0 Å². The van der Waals surface area contributed by atoms with Crippen LogP contribution in [0.15, 0.2) is 35.2 Å². The first-order chi connectivity index (χ1) is 11.7. The molecule has 2 aromatic heterocycles. The number of carbonyl (C=O) groups excluding carboxylic acids is 1. The Labute approximate surface area is 139 Å². The first-order valence-electron chi connectivity index (χ1n) is 8.26. The lowest BCUT2D eigenvalue weighted by molar-refractivity contribution is 0.102. The highest BCUT2D eigenvalue weighted by molar-refractivity contribution is 6.06. The minimum Gasteiger partial charge on any atom is -0.363 e. The third-order valence-electron chi connectivity index (χ3n) is 4.92. The van der Waals surface area contributed by atoms with E-state index < -0.39 is 0 Å². The number of benzene rings is 1. The van der Waals surface area contributed by atoms with Crippen molar-refractivity contribution in [3.63, 3.8) is 0 Å². The van der Waals surface area contributed by atoms with Crippen LogP contribution in [-0.2, 0) is 6.42 Å². The van der Waals surface area contributed by atoms with Crippen LogP contribution in [0.3, 0.4) is 0 Å². The highest BCUT2D eigenvalue weighted by atomic mass is 16.5. The number of H-pyrrole nitrogens is 1. The van der Waals surface area contributed by atoms with E-state index in [-0.39, 0.29) is 11.9 Å². The number of aromatic amines is 1. The molecule has 3 aromatic rings. The summed E-state index contributed by atoms with van der Waals surface area (Å²) in [7, 11) is 0. The quantitative estimate of drug-likeness (QED) is 0.688. The predicted molar refractivity (Wildman–Crippen MR) is 91.8 cm³/mol. The molecule has 0 aliphatic heterocycles. The van der Waals surface area contributed by atoms with Gasteiger partial charge < -0.3 is 20.6 Å². The van der Waals surface area contributed by atoms with Crippen LogP contribution in [-0.4, -0.2) is 16.0 Å². The van der Waals surface area contributed by atoms with Gasteiger partial charge in [0, 0.05) is 28.2 Å². The number of nitrogens with two attached hydrogens (primary N) is 1. The Morgan fingerprint density at radius 1 is 1.50 bits per heavy atom. The molecule has 1 amide bonds. The second-order valence-corrected chi connectivity index (χ2v) is 6.47. The maximum atomic E-state index is 12.4. The summed E-state index contributed by atoms with van der Waals surface area (Å²) in [5.74, 6) is 0.420. The molecule has 24 heavy (non-hydrogen) atoms. The standard InChI is InChI=1S/C18H20N4O2/c1-2-10-5-14-13-7-11(18(23)21-12-8-20-24-9-12)3-4-16(13)22-17(14)15(19)6-10/h3-4,7-10,15,22H,2,5-6,19H2,1H3,(H,21,23). The maximum absolute atomic E-state index is 12.4. The van der Waals surface area contributed by atoms with Crippen LogP contribution >= 0.6 is 0 Å². The van der Waals surface area contributed by atoms with Crippen LogP contribution in [0, 0.1) is 5.92 Å². The summed E-state index contributed by atoms with van der Waals surface area (Å²) < 4.78 is 4.74. The average molecular weight is 324 g/mol. The number of fused-ring (bicyclic) bond motifs is 3. The van der Waals surface area contributed by atoms with Crippen molar-refractivity contribution >= 4 is 22.5 Å². The van der Waals surface area contributed by atoms with Gasteiger partial charge in [-0.25, -0.2) is 0 Å². The molecule has 124 valence electrons. The normalized spacial score (nSPS) is 20.1. The fraction of sp³-hybridized carbons (Fsp3) is 0.333. The molecule has 0 saturated carbocycles. The Balaban J connectivity index is 1.71. The molecule has 6 heteroatoms. The lowest BCUT2D eigenvalue weighted by Gasteiger charge is -2.26. The zero-order valence-electron chi connectivity index (χ0n) is 13.5. The molecule has 0 fully saturated rings. The fourth-order valence-electron chi connectivity index (χ4n) is 3.58. The molecule has 1 aromatic carbocycles. The highest BCUT2D eigenvalue weighted by Crippen LogP contribution is 2.37. The van der Waals surface area contributed by atoms with Gasteiger partial charge >= 0.3 is 0 Å². The van der Waals surface area contributed by atoms with Gasteiger partial charge in [-0.3, -0.25) is 4.79 Å². The summed E-state index contributed by atoms with van der Waals surface area (Å²) in [5.41, 5.74) is 10.9. The number of hydrogen-bond acceptors (Lipinski definition) is 4. The van der Waals surface area contributed by atoms with Crippen molar-refractivity contribution in [1.82, 2.24) is 10.1 Å². The molecule has 0 radical (unpaired) electrons. The van der Waals surface area contributed by atoms with Gasteiger partial charge in [-0.1, -0.05) is 18.5 Å². The Morgan fingerprint density at radius 2 is 2.38 bits per heavy atom. The molecule has 4 rings (SSSR count). The van der Waals surface area contributed by atoms with Crippen molar-refractivity contribution < 1.29 is 9.32 Å². The lowest BCUT2D eigenvalue weighted by atomic mass is 9.82. The molecule has 2 atom stereocenters. The summed E-state index contributed by atoms with van der Waals surface area (Å²) in [5, 5.41) is 7.45. The SMILES string of the molecule is CCC1Cc2c([nH]c3ccc(C(=O)Nc4cnoc4)cc23)C(N)C1. The Hall–Kier alpha value is -2.60. The van der Waals surface area contributed by atoms with E-state index in [1.807, 2.05) is 18.2 Å². The van der Waals surface area contributed by atoms with E-state index in [2.05, 4.69) is 22.4 Å². The van der Waals surface area contributed by atoms with E-state index in [0.717, 1.165) is 35.9 Å². The van der Waals surface area contributed by atoms with Crippen LogP contribution < -0.4 is 11.1 Å². The van der Waals surface area contributed by atoms with E-state index in [0.29, 0.717) is 17.2 Å². The maximum Gasteiger partial charge on any atom is 0.255 e. The number of nitrogens with zero attached hydrogens (tertiary/aromatic N) is 1. The van der Waals surface area contributed by atoms with E-state index in [1.165, 1.54) is 18.0 Å². The summed E-state index contributed by atoms with van der Waals surface area (Å²) in [6, 6.07) is 5.75. The van der Waals surface area contributed by atoms with Gasteiger partial charge in [0.05, 0.1) is 6.20 Å². The smallest absolute Gasteiger partial charge is 0.255 e. The number of nitrogens with one attached hydrogen (secondary N) is 2. The fourth-order valence-corrected chi connectivity index (χ4v) is 3.58. The Morgan fingerprint density at radius 3 is 3.12 bits per heavy atom. The van der Waals surface area contributed by atoms with Crippen molar-refractivity contribution in [2.24, 2.45) is 11.7 Å². The molecule has 1 aliphatic carbocycles. The molecule has 0 saturated heterocycles. The molecule has 2 unspecified atom stereocenters. The van der Waals surface area contributed by atoms with Crippen molar-refractivity contribution in [3.05, 3.63) is 47.5 Å². The largest absolute Gasteiger partial charge is 0.363 e. The molecule has 4 N–H and O–H groups in total. The third-order valence-corrected chi connectivity index (χ3v) is 4.92. The summed E-state index contributed by atoms with van der Waals surface area (Å²) in [4.78, 5) is 15.9. The van der Waals surface area contributed by atoms with Crippen LogP contribution in [0.25, 0.3) is 10.9 Å². The highest BCUT2D eigenvalue weighted by Gasteiger charge is 2.27. The first-order valence-corrected chi connectivity index (χ1v) is 8.26. The van der Waals surface area contributed by atoms with Gasteiger partial charge in [-0.05, 0) is 42.5 Å². The molecular weight excluding hydrogens is 304 g/mol. The monoisotopic (exact) mass is 324 g/mol. The van der Waals surface area contributed by atoms with Gasteiger partial charge in [-0.15, -0.1) is 0 Å². The molecule has 2 heterocycles. The first kappa shape index (κ1) is 15.0. The zero-order valence-corrected chi connectivity index (χ0v) is 13.5. The Kier molecular flexibility index (Phi) is 3.61. The van der Waals surface area contributed by atoms with Gasteiger partial charge in [-0.2, -0.15) is 0 Å². The van der Waals surface area contributed by atoms with E-state index in [1.54, 1.807) is 0 Å². The number of aromatic nitrogens is 2. The minimum atomic E-state index is -0.179. The van der Waals surface area contributed by atoms with Crippen molar-refractivity contribution in [2.45, 2.75) is 32.2 Å². The third kappa shape index (κ3) is 2.49. The molecule has 1 aliphatic rings. The average Bonchev–Trinajstić information content (AvgIpc) is 3.22. The summed E-state index contributed by atoms with van der Waals surface area (Å²) in [6.07, 6.45) is 6.01. The molecule has 0 spiro atoms. The van der Waals surface area contributed by atoms with Crippen LogP contribution in [0.1, 0.15) is 47.4 Å². The molecule has 6 nitrogen and oxygen atoms in total. The minimum absolute atomic E-state index is 0.0420.